The predicted molar refractivity (Wildman–Crippen MR) is 64.8 cm³/mol. The lowest BCUT2D eigenvalue weighted by molar-refractivity contribution is 0.181. The van der Waals surface area contributed by atoms with Crippen molar-refractivity contribution in [3.05, 3.63) is 45.4 Å². The third-order valence-corrected chi connectivity index (χ3v) is 3.66. The summed E-state index contributed by atoms with van der Waals surface area (Å²) in [6.45, 7) is 1.84. The molecule has 5 heteroatoms. The van der Waals surface area contributed by atoms with E-state index in [0.717, 1.165) is 16.1 Å². The van der Waals surface area contributed by atoms with E-state index in [1.807, 2.05) is 31.2 Å². The van der Waals surface area contributed by atoms with E-state index >= 15 is 0 Å². The topological polar surface area (TPSA) is 46.0 Å². The van der Waals surface area contributed by atoms with Crippen LogP contribution < -0.4 is 0 Å². The SMILES string of the molecule is Cc1nnsc1C(O)Cc1ccccc1Cl. The molecule has 0 aliphatic rings. The van der Waals surface area contributed by atoms with Gasteiger partial charge < -0.3 is 5.11 Å². The third-order valence-electron chi connectivity index (χ3n) is 2.36. The van der Waals surface area contributed by atoms with Crippen molar-refractivity contribution in [1.82, 2.24) is 9.59 Å². The van der Waals surface area contributed by atoms with Gasteiger partial charge >= 0.3 is 0 Å². The van der Waals surface area contributed by atoms with E-state index in [-0.39, 0.29) is 0 Å². The molecule has 1 aromatic carbocycles. The van der Waals surface area contributed by atoms with Crippen molar-refractivity contribution in [2.24, 2.45) is 0 Å². The zero-order chi connectivity index (χ0) is 11.5. The minimum absolute atomic E-state index is 0.490. The Morgan fingerprint density at radius 1 is 1.44 bits per heavy atom. The van der Waals surface area contributed by atoms with Gasteiger partial charge in [0.05, 0.1) is 16.7 Å². The van der Waals surface area contributed by atoms with Crippen LogP contribution in [0.3, 0.4) is 0 Å². The highest BCUT2D eigenvalue weighted by Gasteiger charge is 2.15. The first-order valence-corrected chi connectivity index (χ1v) is 6.04. The Balaban J connectivity index is 2.17. The second kappa shape index (κ2) is 4.91. The van der Waals surface area contributed by atoms with E-state index in [4.69, 9.17) is 11.6 Å². The largest absolute Gasteiger partial charge is 0.387 e. The van der Waals surface area contributed by atoms with E-state index in [9.17, 15) is 5.11 Å². The van der Waals surface area contributed by atoms with Crippen LogP contribution in [0.5, 0.6) is 0 Å². The van der Waals surface area contributed by atoms with E-state index in [1.165, 1.54) is 11.5 Å². The van der Waals surface area contributed by atoms with Crippen LogP contribution in [0.1, 0.15) is 22.2 Å². The number of aryl methyl sites for hydroxylation is 1. The van der Waals surface area contributed by atoms with Gasteiger partial charge in [0.25, 0.3) is 0 Å². The maximum absolute atomic E-state index is 10.0. The average Bonchev–Trinajstić information content (AvgIpc) is 2.68. The Kier molecular flexibility index (Phi) is 3.53. The van der Waals surface area contributed by atoms with Gasteiger partial charge in [0, 0.05) is 11.4 Å². The Hall–Kier alpha value is -0.970. The predicted octanol–water partition coefficient (Wildman–Crippen LogP) is 2.78. The molecule has 1 heterocycles. The first-order chi connectivity index (χ1) is 7.68. The zero-order valence-electron chi connectivity index (χ0n) is 8.72. The number of benzene rings is 1. The maximum atomic E-state index is 10.0. The van der Waals surface area contributed by atoms with Crippen LogP contribution in [0.2, 0.25) is 5.02 Å². The van der Waals surface area contributed by atoms with Crippen LogP contribution in [0, 0.1) is 6.92 Å². The van der Waals surface area contributed by atoms with Crippen LogP contribution in [-0.2, 0) is 6.42 Å². The molecule has 2 aromatic rings. The van der Waals surface area contributed by atoms with E-state index < -0.39 is 6.10 Å². The quantitative estimate of drug-likeness (QED) is 0.916. The molecular formula is C11H11ClN2OS. The molecule has 16 heavy (non-hydrogen) atoms. The first kappa shape index (κ1) is 11.5. The molecule has 2 rings (SSSR count). The van der Waals surface area contributed by atoms with Crippen molar-refractivity contribution in [3.63, 3.8) is 0 Å². The summed E-state index contributed by atoms with van der Waals surface area (Å²) in [5, 5.41) is 14.6. The Labute approximate surface area is 103 Å². The standard InChI is InChI=1S/C11H11ClN2OS/c1-7-11(16-14-13-7)10(15)6-8-4-2-3-5-9(8)12/h2-5,10,15H,6H2,1H3. The van der Waals surface area contributed by atoms with Gasteiger partial charge in [-0.3, -0.25) is 0 Å². The first-order valence-electron chi connectivity index (χ1n) is 4.89. The molecule has 1 aromatic heterocycles. The van der Waals surface area contributed by atoms with Gasteiger partial charge in [0.1, 0.15) is 0 Å². The fraction of sp³-hybridized carbons (Fsp3) is 0.273. The summed E-state index contributed by atoms with van der Waals surface area (Å²) in [6, 6.07) is 7.51. The molecule has 0 amide bonds. The van der Waals surface area contributed by atoms with E-state index in [2.05, 4.69) is 9.59 Å². The molecule has 0 saturated carbocycles. The highest BCUT2D eigenvalue weighted by molar-refractivity contribution is 7.05. The van der Waals surface area contributed by atoms with Crippen molar-refractivity contribution < 1.29 is 5.11 Å². The molecule has 0 fully saturated rings. The average molecular weight is 255 g/mol. The minimum atomic E-state index is -0.583. The van der Waals surface area contributed by atoms with E-state index in [0.29, 0.717) is 11.4 Å². The van der Waals surface area contributed by atoms with Crippen molar-refractivity contribution in [1.29, 1.82) is 0 Å². The normalized spacial score (nSPS) is 12.7. The molecular weight excluding hydrogens is 244 g/mol. The molecule has 3 nitrogen and oxygen atoms in total. The van der Waals surface area contributed by atoms with Crippen LogP contribution in [0.4, 0.5) is 0 Å². The molecule has 0 bridgehead atoms. The number of aliphatic hydroxyl groups is 1. The van der Waals surface area contributed by atoms with Gasteiger partial charge in [0.2, 0.25) is 0 Å². The molecule has 0 spiro atoms. The second-order valence-corrected chi connectivity index (χ2v) is 4.73. The van der Waals surface area contributed by atoms with Crippen LogP contribution >= 0.6 is 23.1 Å². The zero-order valence-corrected chi connectivity index (χ0v) is 10.3. The lowest BCUT2D eigenvalue weighted by Gasteiger charge is -2.09. The van der Waals surface area contributed by atoms with Gasteiger partial charge in [0.15, 0.2) is 0 Å². The number of aromatic nitrogens is 2. The summed E-state index contributed by atoms with van der Waals surface area (Å²) in [6.07, 6.45) is -0.0930. The molecule has 0 saturated heterocycles. The molecule has 84 valence electrons. The molecule has 0 radical (unpaired) electrons. The summed E-state index contributed by atoms with van der Waals surface area (Å²) < 4.78 is 3.81. The van der Waals surface area contributed by atoms with Crippen molar-refractivity contribution in [2.45, 2.75) is 19.4 Å². The lowest BCUT2D eigenvalue weighted by atomic mass is 10.1. The molecule has 1 unspecified atom stereocenters. The number of rotatable bonds is 3. The molecule has 0 aliphatic carbocycles. The fourth-order valence-electron chi connectivity index (χ4n) is 1.51. The smallest absolute Gasteiger partial charge is 0.0957 e. The van der Waals surface area contributed by atoms with Crippen LogP contribution in [0.15, 0.2) is 24.3 Å². The summed E-state index contributed by atoms with van der Waals surface area (Å²) in [7, 11) is 0. The lowest BCUT2D eigenvalue weighted by Crippen LogP contribution is -2.01. The van der Waals surface area contributed by atoms with Gasteiger partial charge in [-0.1, -0.05) is 34.3 Å². The number of halogens is 1. The van der Waals surface area contributed by atoms with Gasteiger partial charge in [-0.25, -0.2) is 0 Å². The van der Waals surface area contributed by atoms with Crippen LogP contribution in [-0.4, -0.2) is 14.7 Å². The Morgan fingerprint density at radius 2 is 2.19 bits per heavy atom. The van der Waals surface area contributed by atoms with Gasteiger partial charge in [-0.15, -0.1) is 5.10 Å². The Bertz CT molecular complexity index is 486. The summed E-state index contributed by atoms with van der Waals surface area (Å²) in [5.41, 5.74) is 1.72. The summed E-state index contributed by atoms with van der Waals surface area (Å²) in [5.74, 6) is 0. The van der Waals surface area contributed by atoms with Gasteiger partial charge in [-0.2, -0.15) is 0 Å². The number of hydrogen-bond donors (Lipinski definition) is 1. The van der Waals surface area contributed by atoms with Gasteiger partial charge in [-0.05, 0) is 30.1 Å². The minimum Gasteiger partial charge on any atom is -0.387 e. The van der Waals surface area contributed by atoms with Crippen molar-refractivity contribution >= 4 is 23.1 Å². The highest BCUT2D eigenvalue weighted by atomic mass is 35.5. The fourth-order valence-corrected chi connectivity index (χ4v) is 2.35. The maximum Gasteiger partial charge on any atom is 0.0957 e. The number of aliphatic hydroxyl groups excluding tert-OH is 1. The second-order valence-electron chi connectivity index (χ2n) is 3.53. The van der Waals surface area contributed by atoms with Crippen molar-refractivity contribution in [2.75, 3.05) is 0 Å². The Morgan fingerprint density at radius 3 is 2.81 bits per heavy atom. The summed E-state index contributed by atoms with van der Waals surface area (Å²) in [4.78, 5) is 0.805. The van der Waals surface area contributed by atoms with Crippen molar-refractivity contribution in [3.8, 4) is 0 Å². The number of hydrogen-bond acceptors (Lipinski definition) is 4. The van der Waals surface area contributed by atoms with E-state index in [1.54, 1.807) is 0 Å². The molecule has 1 N–H and O–H groups in total. The van der Waals surface area contributed by atoms with Crippen LogP contribution in [0.25, 0.3) is 0 Å². The monoisotopic (exact) mass is 254 g/mol. The number of nitrogens with zero attached hydrogens (tertiary/aromatic N) is 2. The summed E-state index contributed by atoms with van der Waals surface area (Å²) >= 11 is 7.26. The molecule has 0 aliphatic heterocycles. The highest BCUT2D eigenvalue weighted by Crippen LogP contribution is 2.26. The molecule has 1 atom stereocenters. The third kappa shape index (κ3) is 2.40.